The quantitative estimate of drug-likeness (QED) is 0.317. The van der Waals surface area contributed by atoms with Gasteiger partial charge in [-0.3, -0.25) is 0 Å². The van der Waals surface area contributed by atoms with E-state index in [0.717, 1.165) is 57.8 Å². The van der Waals surface area contributed by atoms with Gasteiger partial charge >= 0.3 is 0 Å². The molecule has 1 saturated heterocycles. The highest BCUT2D eigenvalue weighted by Gasteiger charge is 2.22. The monoisotopic (exact) mass is 459 g/mol. The topological polar surface area (TPSA) is 116 Å². The van der Waals surface area contributed by atoms with Crippen LogP contribution in [0.4, 0.5) is 17.8 Å². The standard InChI is InChI=1S/C24H45N9/c25-22-30-23(32-24(31-22)33-15-13-26-14-16-33)29-18-20-9-7-19(8-10-20)17-27-11-4-12-28-21-5-2-1-3-6-21/h19-21,26-28H,1-18H2,(H3,25,29,30,31,32)/t19-,20-. The highest BCUT2D eigenvalue weighted by atomic mass is 15.3. The van der Waals surface area contributed by atoms with Crippen LogP contribution in [0.2, 0.25) is 0 Å². The molecular weight excluding hydrogens is 414 g/mol. The van der Waals surface area contributed by atoms with Gasteiger partial charge in [0, 0.05) is 38.8 Å². The Morgan fingerprint density at radius 2 is 1.58 bits per heavy atom. The number of aromatic nitrogens is 3. The molecule has 1 aliphatic heterocycles. The molecule has 1 aromatic heterocycles. The van der Waals surface area contributed by atoms with Crippen molar-refractivity contribution in [1.29, 1.82) is 0 Å². The summed E-state index contributed by atoms with van der Waals surface area (Å²) in [6, 6.07) is 0.783. The van der Waals surface area contributed by atoms with Gasteiger partial charge in [0.15, 0.2) is 0 Å². The van der Waals surface area contributed by atoms with Crippen LogP contribution in [-0.4, -0.2) is 73.4 Å². The summed E-state index contributed by atoms with van der Waals surface area (Å²) in [6.45, 7) is 8.08. The third-order valence-corrected chi connectivity index (χ3v) is 7.56. The lowest BCUT2D eigenvalue weighted by Gasteiger charge is -2.29. The summed E-state index contributed by atoms with van der Waals surface area (Å²) in [6.07, 6.45) is 13.4. The minimum absolute atomic E-state index is 0.296. The summed E-state index contributed by atoms with van der Waals surface area (Å²) in [5.74, 6) is 3.10. The van der Waals surface area contributed by atoms with Crippen molar-refractivity contribution in [2.24, 2.45) is 11.8 Å². The molecule has 2 heterocycles. The largest absolute Gasteiger partial charge is 0.368 e. The van der Waals surface area contributed by atoms with E-state index in [0.29, 0.717) is 23.8 Å². The average Bonchev–Trinajstić information content (AvgIpc) is 2.86. The SMILES string of the molecule is Nc1nc(NC[C@H]2CC[C@H](CNCCCNC3CCCCC3)CC2)nc(N2CCNCC2)n1. The van der Waals surface area contributed by atoms with E-state index in [9.17, 15) is 0 Å². The number of nitrogens with one attached hydrogen (secondary N) is 4. The van der Waals surface area contributed by atoms with Crippen molar-refractivity contribution >= 4 is 17.8 Å². The fourth-order valence-corrected chi connectivity index (χ4v) is 5.47. The lowest BCUT2D eigenvalue weighted by molar-refractivity contribution is 0.275. The molecule has 6 N–H and O–H groups in total. The van der Waals surface area contributed by atoms with Crippen LogP contribution in [0.5, 0.6) is 0 Å². The van der Waals surface area contributed by atoms with Gasteiger partial charge in [-0.25, -0.2) is 0 Å². The van der Waals surface area contributed by atoms with Crippen LogP contribution in [0.3, 0.4) is 0 Å². The Balaban J connectivity index is 1.07. The Labute approximate surface area is 199 Å². The summed E-state index contributed by atoms with van der Waals surface area (Å²) in [7, 11) is 0. The second kappa shape index (κ2) is 13.2. The average molecular weight is 460 g/mol. The van der Waals surface area contributed by atoms with Crippen molar-refractivity contribution in [3.63, 3.8) is 0 Å². The first-order valence-corrected chi connectivity index (χ1v) is 13.4. The van der Waals surface area contributed by atoms with Gasteiger partial charge in [-0.2, -0.15) is 15.0 Å². The number of piperazine rings is 1. The molecule has 0 amide bonds. The van der Waals surface area contributed by atoms with Gasteiger partial charge in [0.05, 0.1) is 0 Å². The number of nitrogen functional groups attached to an aromatic ring is 1. The first-order chi connectivity index (χ1) is 16.3. The van der Waals surface area contributed by atoms with Crippen LogP contribution in [0, 0.1) is 11.8 Å². The summed E-state index contributed by atoms with van der Waals surface area (Å²) in [4.78, 5) is 15.4. The van der Waals surface area contributed by atoms with Gasteiger partial charge in [0.25, 0.3) is 0 Å². The summed E-state index contributed by atoms with van der Waals surface area (Å²) >= 11 is 0. The Bertz CT molecular complexity index is 681. The minimum atomic E-state index is 0.296. The molecule has 0 aromatic carbocycles. The molecule has 186 valence electrons. The molecule has 9 heteroatoms. The third kappa shape index (κ3) is 8.22. The molecule has 2 aliphatic carbocycles. The van der Waals surface area contributed by atoms with E-state index in [1.165, 1.54) is 70.8 Å². The number of anilines is 3. The molecule has 0 unspecified atom stereocenters. The van der Waals surface area contributed by atoms with Crippen molar-refractivity contribution in [1.82, 2.24) is 30.9 Å². The van der Waals surface area contributed by atoms with E-state index in [2.05, 4.69) is 41.1 Å². The number of hydrogen-bond acceptors (Lipinski definition) is 9. The van der Waals surface area contributed by atoms with Crippen molar-refractivity contribution in [2.45, 2.75) is 70.3 Å². The van der Waals surface area contributed by atoms with Crippen LogP contribution < -0.4 is 31.9 Å². The molecule has 33 heavy (non-hydrogen) atoms. The molecule has 2 saturated carbocycles. The number of nitrogens with zero attached hydrogens (tertiary/aromatic N) is 4. The molecule has 0 spiro atoms. The Morgan fingerprint density at radius 1 is 0.848 bits per heavy atom. The van der Waals surface area contributed by atoms with Gasteiger partial charge in [-0.05, 0) is 76.4 Å². The van der Waals surface area contributed by atoms with Crippen molar-refractivity contribution in [2.75, 3.05) is 68.3 Å². The fraction of sp³-hybridized carbons (Fsp3) is 0.875. The zero-order chi connectivity index (χ0) is 22.7. The predicted octanol–water partition coefficient (Wildman–Crippen LogP) is 1.98. The molecule has 4 rings (SSSR count). The minimum Gasteiger partial charge on any atom is -0.368 e. The number of hydrogen-bond donors (Lipinski definition) is 5. The normalized spacial score (nSPS) is 24.7. The van der Waals surface area contributed by atoms with Crippen LogP contribution in [0.15, 0.2) is 0 Å². The predicted molar refractivity (Wildman–Crippen MR) is 136 cm³/mol. The van der Waals surface area contributed by atoms with Crippen LogP contribution >= 0.6 is 0 Å². The summed E-state index contributed by atoms with van der Waals surface area (Å²) in [5, 5.41) is 14.2. The molecule has 0 atom stereocenters. The van der Waals surface area contributed by atoms with Gasteiger partial charge < -0.3 is 31.9 Å². The van der Waals surface area contributed by atoms with E-state index in [-0.39, 0.29) is 0 Å². The smallest absolute Gasteiger partial charge is 0.232 e. The Morgan fingerprint density at radius 3 is 2.33 bits per heavy atom. The Kier molecular flexibility index (Phi) is 9.80. The Hall–Kier alpha value is -1.71. The van der Waals surface area contributed by atoms with E-state index < -0.39 is 0 Å². The van der Waals surface area contributed by atoms with Crippen molar-refractivity contribution < 1.29 is 0 Å². The van der Waals surface area contributed by atoms with Crippen LogP contribution in [0.1, 0.15) is 64.2 Å². The van der Waals surface area contributed by atoms with Crippen LogP contribution in [0.25, 0.3) is 0 Å². The molecule has 9 nitrogen and oxygen atoms in total. The number of rotatable bonds is 11. The highest BCUT2D eigenvalue weighted by molar-refractivity contribution is 5.42. The molecule has 3 fully saturated rings. The van der Waals surface area contributed by atoms with E-state index in [4.69, 9.17) is 5.73 Å². The fourth-order valence-electron chi connectivity index (χ4n) is 5.47. The zero-order valence-electron chi connectivity index (χ0n) is 20.3. The van der Waals surface area contributed by atoms with Crippen molar-refractivity contribution in [3.05, 3.63) is 0 Å². The maximum absolute atomic E-state index is 5.95. The first-order valence-electron chi connectivity index (χ1n) is 13.4. The second-order valence-electron chi connectivity index (χ2n) is 10.2. The van der Waals surface area contributed by atoms with E-state index in [1.54, 1.807) is 0 Å². The lowest BCUT2D eigenvalue weighted by atomic mass is 9.82. The molecular formula is C24H45N9. The molecule has 1 aromatic rings. The maximum atomic E-state index is 5.95. The van der Waals surface area contributed by atoms with Crippen molar-refractivity contribution in [3.8, 4) is 0 Å². The second-order valence-corrected chi connectivity index (χ2v) is 10.2. The maximum Gasteiger partial charge on any atom is 0.232 e. The third-order valence-electron chi connectivity index (χ3n) is 7.56. The van der Waals surface area contributed by atoms with E-state index >= 15 is 0 Å². The molecule has 0 radical (unpaired) electrons. The van der Waals surface area contributed by atoms with E-state index in [1.807, 2.05) is 0 Å². The summed E-state index contributed by atoms with van der Waals surface area (Å²) < 4.78 is 0. The highest BCUT2D eigenvalue weighted by Crippen LogP contribution is 2.28. The zero-order valence-corrected chi connectivity index (χ0v) is 20.3. The van der Waals surface area contributed by atoms with Gasteiger partial charge in [-0.15, -0.1) is 0 Å². The molecule has 3 aliphatic rings. The van der Waals surface area contributed by atoms with Gasteiger partial charge in [0.1, 0.15) is 0 Å². The van der Waals surface area contributed by atoms with Crippen LogP contribution in [-0.2, 0) is 0 Å². The summed E-state index contributed by atoms with van der Waals surface area (Å²) in [5.41, 5.74) is 5.95. The lowest BCUT2D eigenvalue weighted by Crippen LogP contribution is -2.44. The number of nitrogens with two attached hydrogens (primary N) is 1. The van der Waals surface area contributed by atoms with Gasteiger partial charge in [-0.1, -0.05) is 19.3 Å². The van der Waals surface area contributed by atoms with Gasteiger partial charge in [0.2, 0.25) is 17.8 Å². The molecule has 0 bridgehead atoms. The first kappa shape index (κ1) is 24.4.